The molecule has 1 saturated heterocycles. The Balaban J connectivity index is 1.41. The van der Waals surface area contributed by atoms with Crippen LogP contribution >= 0.6 is 0 Å². The van der Waals surface area contributed by atoms with Crippen LogP contribution in [0.1, 0.15) is 31.4 Å². The first kappa shape index (κ1) is 17.7. The Kier molecular flexibility index (Phi) is 5.45. The number of nitrogens with zero attached hydrogens (tertiary/aromatic N) is 8. The number of aryl methyl sites for hydroxylation is 1. The minimum atomic E-state index is 0.567. The lowest BCUT2D eigenvalue weighted by Crippen LogP contribution is -2.53. The zero-order valence-electron chi connectivity index (χ0n) is 15.9. The second kappa shape index (κ2) is 8.32. The lowest BCUT2D eigenvalue weighted by Gasteiger charge is -2.36. The molecule has 1 fully saturated rings. The molecular formula is C18H27N9. The number of aromatic nitrogens is 5. The fourth-order valence-electron chi connectivity index (χ4n) is 3.63. The van der Waals surface area contributed by atoms with E-state index >= 15 is 0 Å². The Bertz CT molecular complexity index is 762. The molecule has 0 saturated carbocycles. The smallest absolute Gasteiger partial charge is 0.225 e. The van der Waals surface area contributed by atoms with Crippen LogP contribution in [-0.2, 0) is 19.5 Å². The maximum atomic E-state index is 4.84. The minimum Gasteiger partial charge on any atom is -0.357 e. The molecule has 0 atom stereocenters. The third kappa shape index (κ3) is 4.01. The Labute approximate surface area is 159 Å². The van der Waals surface area contributed by atoms with Gasteiger partial charge in [-0.2, -0.15) is 0 Å². The highest BCUT2D eigenvalue weighted by Crippen LogP contribution is 2.15. The van der Waals surface area contributed by atoms with Gasteiger partial charge in [-0.05, 0) is 25.8 Å². The van der Waals surface area contributed by atoms with E-state index in [1.54, 1.807) is 12.4 Å². The van der Waals surface area contributed by atoms with Gasteiger partial charge in [0.05, 0.1) is 0 Å². The first-order valence-electron chi connectivity index (χ1n) is 9.81. The Morgan fingerprint density at radius 2 is 1.89 bits per heavy atom. The van der Waals surface area contributed by atoms with Gasteiger partial charge in [0.15, 0.2) is 11.8 Å². The molecule has 9 heteroatoms. The van der Waals surface area contributed by atoms with Gasteiger partial charge in [-0.3, -0.25) is 0 Å². The summed E-state index contributed by atoms with van der Waals surface area (Å²) in [7, 11) is 0. The zero-order chi connectivity index (χ0) is 18.5. The summed E-state index contributed by atoms with van der Waals surface area (Å²) >= 11 is 0. The van der Waals surface area contributed by atoms with Crippen molar-refractivity contribution in [2.75, 3.05) is 37.6 Å². The molecule has 144 valence electrons. The standard InChI is InChI=1S/C18H27N9/c1-2-19-17(22-14-16-24-23-15-6-3-4-9-27(15)16)25-10-12-26(13-11-25)18-20-7-5-8-21-18/h5,7-8H,2-4,6,9-14H2,1H3,(H,19,22). The van der Waals surface area contributed by atoms with Crippen LogP contribution in [0.4, 0.5) is 5.95 Å². The van der Waals surface area contributed by atoms with Gasteiger partial charge in [0, 0.05) is 58.1 Å². The summed E-state index contributed by atoms with van der Waals surface area (Å²) in [6.07, 6.45) is 7.02. The largest absolute Gasteiger partial charge is 0.357 e. The van der Waals surface area contributed by atoms with Crippen molar-refractivity contribution in [1.82, 2.24) is 34.9 Å². The predicted octanol–water partition coefficient (Wildman–Crippen LogP) is 0.692. The Morgan fingerprint density at radius 3 is 2.67 bits per heavy atom. The van der Waals surface area contributed by atoms with Crippen molar-refractivity contribution in [3.8, 4) is 0 Å². The molecular weight excluding hydrogens is 342 g/mol. The van der Waals surface area contributed by atoms with E-state index in [1.807, 2.05) is 6.07 Å². The van der Waals surface area contributed by atoms with E-state index in [0.717, 1.165) is 69.2 Å². The van der Waals surface area contributed by atoms with Crippen molar-refractivity contribution in [1.29, 1.82) is 0 Å². The van der Waals surface area contributed by atoms with Crippen LogP contribution in [0.2, 0.25) is 0 Å². The number of aliphatic imine (C=N–C) groups is 1. The van der Waals surface area contributed by atoms with Gasteiger partial charge < -0.3 is 19.7 Å². The van der Waals surface area contributed by atoms with Gasteiger partial charge in [-0.1, -0.05) is 0 Å². The molecule has 0 radical (unpaired) electrons. The molecule has 4 rings (SSSR count). The number of anilines is 1. The number of piperazine rings is 1. The monoisotopic (exact) mass is 369 g/mol. The Hall–Kier alpha value is -2.71. The normalized spacial score (nSPS) is 17.7. The molecule has 9 nitrogen and oxygen atoms in total. The number of nitrogens with one attached hydrogen (secondary N) is 1. The van der Waals surface area contributed by atoms with E-state index in [1.165, 1.54) is 12.8 Å². The molecule has 0 unspecified atom stereocenters. The average Bonchev–Trinajstić information content (AvgIpc) is 3.15. The Morgan fingerprint density at radius 1 is 1.07 bits per heavy atom. The highest BCUT2D eigenvalue weighted by atomic mass is 15.4. The molecule has 2 aliphatic rings. The van der Waals surface area contributed by atoms with Crippen LogP contribution in [0.3, 0.4) is 0 Å². The van der Waals surface area contributed by atoms with E-state index in [2.05, 4.69) is 46.8 Å². The summed E-state index contributed by atoms with van der Waals surface area (Å²) in [5.74, 6) is 3.82. The van der Waals surface area contributed by atoms with Gasteiger partial charge >= 0.3 is 0 Å². The summed E-state index contributed by atoms with van der Waals surface area (Å²) in [5.41, 5.74) is 0. The summed E-state index contributed by atoms with van der Waals surface area (Å²) in [5, 5.41) is 12.1. The van der Waals surface area contributed by atoms with Gasteiger partial charge in [-0.15, -0.1) is 10.2 Å². The van der Waals surface area contributed by atoms with Crippen molar-refractivity contribution in [2.45, 2.75) is 39.3 Å². The molecule has 2 aromatic rings. The second-order valence-electron chi connectivity index (χ2n) is 6.83. The lowest BCUT2D eigenvalue weighted by molar-refractivity contribution is 0.369. The molecule has 2 aromatic heterocycles. The topological polar surface area (TPSA) is 87.4 Å². The SMILES string of the molecule is CCNC(=NCc1nnc2n1CCCC2)N1CCN(c2ncccn2)CC1. The molecule has 0 amide bonds. The molecule has 0 bridgehead atoms. The summed E-state index contributed by atoms with van der Waals surface area (Å²) in [4.78, 5) is 18.1. The molecule has 27 heavy (non-hydrogen) atoms. The second-order valence-corrected chi connectivity index (χ2v) is 6.83. The van der Waals surface area contributed by atoms with Crippen LogP contribution in [0.25, 0.3) is 0 Å². The first-order chi connectivity index (χ1) is 13.3. The fraction of sp³-hybridized carbons (Fsp3) is 0.611. The summed E-state index contributed by atoms with van der Waals surface area (Å²) < 4.78 is 2.24. The first-order valence-corrected chi connectivity index (χ1v) is 9.81. The molecule has 0 aliphatic carbocycles. The minimum absolute atomic E-state index is 0.567. The molecule has 4 heterocycles. The average molecular weight is 369 g/mol. The molecule has 1 N–H and O–H groups in total. The van der Waals surface area contributed by atoms with Crippen LogP contribution in [0, 0.1) is 0 Å². The van der Waals surface area contributed by atoms with Crippen molar-refractivity contribution in [2.24, 2.45) is 4.99 Å². The zero-order valence-corrected chi connectivity index (χ0v) is 15.9. The van der Waals surface area contributed by atoms with Crippen molar-refractivity contribution in [3.63, 3.8) is 0 Å². The third-order valence-corrected chi connectivity index (χ3v) is 5.06. The number of guanidine groups is 1. The van der Waals surface area contributed by atoms with Gasteiger partial charge in [0.25, 0.3) is 0 Å². The van der Waals surface area contributed by atoms with E-state index in [9.17, 15) is 0 Å². The van der Waals surface area contributed by atoms with Crippen LogP contribution in [0.5, 0.6) is 0 Å². The summed E-state index contributed by atoms with van der Waals surface area (Å²) in [6, 6.07) is 1.85. The molecule has 0 spiro atoms. The number of fused-ring (bicyclic) bond motifs is 1. The number of rotatable bonds is 4. The number of hydrogen-bond donors (Lipinski definition) is 1. The van der Waals surface area contributed by atoms with Crippen LogP contribution in [0.15, 0.2) is 23.5 Å². The van der Waals surface area contributed by atoms with E-state index in [0.29, 0.717) is 6.54 Å². The van der Waals surface area contributed by atoms with Crippen LogP contribution < -0.4 is 10.2 Å². The van der Waals surface area contributed by atoms with Crippen molar-refractivity contribution < 1.29 is 0 Å². The van der Waals surface area contributed by atoms with Crippen molar-refractivity contribution >= 4 is 11.9 Å². The highest BCUT2D eigenvalue weighted by Gasteiger charge is 2.21. The fourth-order valence-corrected chi connectivity index (χ4v) is 3.63. The van der Waals surface area contributed by atoms with Crippen LogP contribution in [-0.4, -0.2) is 68.3 Å². The van der Waals surface area contributed by atoms with E-state index < -0.39 is 0 Å². The van der Waals surface area contributed by atoms with Crippen molar-refractivity contribution in [3.05, 3.63) is 30.1 Å². The van der Waals surface area contributed by atoms with E-state index in [4.69, 9.17) is 4.99 Å². The molecule has 0 aromatic carbocycles. The van der Waals surface area contributed by atoms with Gasteiger partial charge in [0.1, 0.15) is 12.4 Å². The quantitative estimate of drug-likeness (QED) is 0.627. The lowest BCUT2D eigenvalue weighted by atomic mass is 10.2. The highest BCUT2D eigenvalue weighted by molar-refractivity contribution is 5.80. The summed E-state index contributed by atoms with van der Waals surface area (Å²) in [6.45, 7) is 8.08. The molecule has 2 aliphatic heterocycles. The maximum Gasteiger partial charge on any atom is 0.225 e. The third-order valence-electron chi connectivity index (χ3n) is 5.06. The number of hydrogen-bond acceptors (Lipinski definition) is 6. The van der Waals surface area contributed by atoms with E-state index in [-0.39, 0.29) is 0 Å². The maximum absolute atomic E-state index is 4.84. The van der Waals surface area contributed by atoms with Gasteiger partial charge in [-0.25, -0.2) is 15.0 Å². The predicted molar refractivity (Wildman–Crippen MR) is 104 cm³/mol. The van der Waals surface area contributed by atoms with Gasteiger partial charge in [0.2, 0.25) is 5.95 Å².